The van der Waals surface area contributed by atoms with Crippen molar-refractivity contribution in [2.45, 2.75) is 19.0 Å². The summed E-state index contributed by atoms with van der Waals surface area (Å²) < 4.78 is 14.0. The molecule has 0 aliphatic rings. The maximum Gasteiger partial charge on any atom is 0.134 e. The number of hydrogen-bond acceptors (Lipinski definition) is 1. The third-order valence-electron chi connectivity index (χ3n) is 2.22. The number of hydrogen-bond donors (Lipinski definition) is 1. The molecular weight excluding hydrogens is 165 g/mol. The molecule has 1 unspecified atom stereocenters. The van der Waals surface area contributed by atoms with Crippen molar-refractivity contribution in [1.82, 2.24) is 5.32 Å². The maximum atomic E-state index is 14.0. The van der Waals surface area contributed by atoms with Crippen LogP contribution in [0.15, 0.2) is 30.3 Å². The van der Waals surface area contributed by atoms with Crippen LogP contribution in [0.5, 0.6) is 0 Å². The lowest BCUT2D eigenvalue weighted by Crippen LogP contribution is -2.21. The van der Waals surface area contributed by atoms with Crippen molar-refractivity contribution in [3.63, 3.8) is 0 Å². The van der Waals surface area contributed by atoms with Crippen molar-refractivity contribution in [1.29, 1.82) is 0 Å². The number of benzene rings is 1. The highest BCUT2D eigenvalue weighted by molar-refractivity contribution is 5.21. The van der Waals surface area contributed by atoms with Gasteiger partial charge >= 0.3 is 0 Å². The fourth-order valence-corrected chi connectivity index (χ4v) is 1.29. The lowest BCUT2D eigenvalue weighted by atomic mass is 9.94. The summed E-state index contributed by atoms with van der Waals surface area (Å²) in [6, 6.07) is 9.29. The molecule has 1 aromatic carbocycles. The van der Waals surface area contributed by atoms with E-state index in [0.29, 0.717) is 13.0 Å². The zero-order valence-electron chi connectivity index (χ0n) is 8.18. The van der Waals surface area contributed by atoms with E-state index >= 15 is 0 Å². The molecule has 0 heterocycles. The number of nitrogens with one attached hydrogen (secondary N) is 1. The highest BCUT2D eigenvalue weighted by atomic mass is 19.1. The van der Waals surface area contributed by atoms with Gasteiger partial charge in [0.25, 0.3) is 0 Å². The fourth-order valence-electron chi connectivity index (χ4n) is 1.29. The number of rotatable bonds is 4. The second kappa shape index (κ2) is 4.38. The van der Waals surface area contributed by atoms with E-state index in [1.165, 1.54) is 0 Å². The van der Waals surface area contributed by atoms with Gasteiger partial charge in [-0.15, -0.1) is 0 Å². The average Bonchev–Trinajstić information content (AvgIpc) is 2.16. The van der Waals surface area contributed by atoms with Crippen molar-refractivity contribution < 1.29 is 4.39 Å². The minimum atomic E-state index is -1.22. The van der Waals surface area contributed by atoms with Crippen molar-refractivity contribution >= 4 is 0 Å². The Hall–Kier alpha value is -0.890. The zero-order chi connectivity index (χ0) is 9.73. The van der Waals surface area contributed by atoms with Crippen LogP contribution in [-0.4, -0.2) is 13.6 Å². The van der Waals surface area contributed by atoms with Crippen molar-refractivity contribution in [2.75, 3.05) is 13.6 Å². The van der Waals surface area contributed by atoms with Crippen molar-refractivity contribution in [3.8, 4) is 0 Å². The van der Waals surface area contributed by atoms with Crippen LogP contribution in [0.1, 0.15) is 18.9 Å². The Morgan fingerprint density at radius 3 is 2.46 bits per heavy atom. The average molecular weight is 181 g/mol. The Balaban J connectivity index is 2.69. The van der Waals surface area contributed by atoms with Crippen LogP contribution in [0, 0.1) is 0 Å². The SMILES string of the molecule is CNCCC(C)(F)c1ccccc1. The van der Waals surface area contributed by atoms with E-state index < -0.39 is 5.67 Å². The molecule has 0 amide bonds. The fraction of sp³-hybridized carbons (Fsp3) is 0.455. The van der Waals surface area contributed by atoms with E-state index in [1.807, 2.05) is 37.4 Å². The van der Waals surface area contributed by atoms with E-state index in [2.05, 4.69) is 5.32 Å². The van der Waals surface area contributed by atoms with Gasteiger partial charge in [0.1, 0.15) is 5.67 Å². The monoisotopic (exact) mass is 181 g/mol. The predicted molar refractivity (Wildman–Crippen MR) is 53.4 cm³/mol. The molecular formula is C11H16FN. The Kier molecular flexibility index (Phi) is 3.43. The molecule has 0 fully saturated rings. The molecule has 0 radical (unpaired) electrons. The van der Waals surface area contributed by atoms with E-state index in [-0.39, 0.29) is 0 Å². The van der Waals surface area contributed by atoms with Crippen LogP contribution in [0.25, 0.3) is 0 Å². The van der Waals surface area contributed by atoms with Gasteiger partial charge in [-0.05, 0) is 32.5 Å². The first-order valence-corrected chi connectivity index (χ1v) is 4.56. The van der Waals surface area contributed by atoms with E-state index in [1.54, 1.807) is 6.92 Å². The first-order chi connectivity index (χ1) is 6.17. The summed E-state index contributed by atoms with van der Waals surface area (Å²) in [5.74, 6) is 0. The molecule has 1 aromatic rings. The standard InChI is InChI=1S/C11H16FN/c1-11(12,8-9-13-2)10-6-4-3-5-7-10/h3-7,13H,8-9H2,1-2H3. The van der Waals surface area contributed by atoms with Gasteiger partial charge < -0.3 is 5.32 Å². The summed E-state index contributed by atoms with van der Waals surface area (Å²) in [6.07, 6.45) is 0.507. The van der Waals surface area contributed by atoms with Gasteiger partial charge in [-0.3, -0.25) is 0 Å². The molecule has 0 aliphatic heterocycles. The first-order valence-electron chi connectivity index (χ1n) is 4.56. The van der Waals surface area contributed by atoms with E-state index in [0.717, 1.165) is 5.56 Å². The Morgan fingerprint density at radius 1 is 1.31 bits per heavy atom. The molecule has 0 saturated heterocycles. The molecule has 1 nitrogen and oxygen atoms in total. The maximum absolute atomic E-state index is 14.0. The number of halogens is 1. The first kappa shape index (κ1) is 10.2. The lowest BCUT2D eigenvalue weighted by molar-refractivity contribution is 0.177. The molecule has 2 heteroatoms. The van der Waals surface area contributed by atoms with Gasteiger partial charge in [-0.25, -0.2) is 4.39 Å². The highest BCUT2D eigenvalue weighted by Crippen LogP contribution is 2.28. The molecule has 0 bridgehead atoms. The zero-order valence-corrected chi connectivity index (χ0v) is 8.18. The van der Waals surface area contributed by atoms with Gasteiger partial charge in [0, 0.05) is 0 Å². The molecule has 0 spiro atoms. The summed E-state index contributed by atoms with van der Waals surface area (Å²) in [6.45, 7) is 2.32. The van der Waals surface area contributed by atoms with Crippen LogP contribution >= 0.6 is 0 Å². The Morgan fingerprint density at radius 2 is 1.92 bits per heavy atom. The second-order valence-electron chi connectivity index (χ2n) is 3.42. The quantitative estimate of drug-likeness (QED) is 0.752. The smallest absolute Gasteiger partial charge is 0.134 e. The summed E-state index contributed by atoms with van der Waals surface area (Å²) in [7, 11) is 1.83. The van der Waals surface area contributed by atoms with Gasteiger partial charge in [0.05, 0.1) is 0 Å². The third kappa shape index (κ3) is 2.81. The molecule has 0 saturated carbocycles. The van der Waals surface area contributed by atoms with Crippen LogP contribution in [0.2, 0.25) is 0 Å². The minimum Gasteiger partial charge on any atom is -0.320 e. The van der Waals surface area contributed by atoms with Crippen molar-refractivity contribution in [2.24, 2.45) is 0 Å². The highest BCUT2D eigenvalue weighted by Gasteiger charge is 2.24. The molecule has 1 rings (SSSR count). The summed E-state index contributed by atoms with van der Waals surface area (Å²) in [5, 5.41) is 2.95. The lowest BCUT2D eigenvalue weighted by Gasteiger charge is -2.20. The second-order valence-corrected chi connectivity index (χ2v) is 3.42. The van der Waals surface area contributed by atoms with Gasteiger partial charge in [-0.1, -0.05) is 30.3 Å². The van der Waals surface area contributed by atoms with Crippen LogP contribution in [-0.2, 0) is 5.67 Å². The molecule has 1 N–H and O–H groups in total. The molecule has 1 atom stereocenters. The summed E-state index contributed by atoms with van der Waals surface area (Å²) in [4.78, 5) is 0. The Labute approximate surface area is 79.0 Å². The topological polar surface area (TPSA) is 12.0 Å². The summed E-state index contributed by atoms with van der Waals surface area (Å²) >= 11 is 0. The molecule has 72 valence electrons. The van der Waals surface area contributed by atoms with E-state index in [9.17, 15) is 4.39 Å². The predicted octanol–water partition coefficient (Wildman–Crippen LogP) is 2.48. The third-order valence-corrected chi connectivity index (χ3v) is 2.22. The summed E-state index contributed by atoms with van der Waals surface area (Å²) in [5.41, 5.74) is -0.463. The molecule has 0 aliphatic carbocycles. The normalized spacial score (nSPS) is 15.3. The van der Waals surface area contributed by atoms with Gasteiger partial charge in [0.2, 0.25) is 0 Å². The number of alkyl halides is 1. The molecule has 13 heavy (non-hydrogen) atoms. The van der Waals surface area contributed by atoms with Gasteiger partial charge in [0.15, 0.2) is 0 Å². The van der Waals surface area contributed by atoms with Crippen molar-refractivity contribution in [3.05, 3.63) is 35.9 Å². The largest absolute Gasteiger partial charge is 0.320 e. The van der Waals surface area contributed by atoms with Crippen LogP contribution < -0.4 is 5.32 Å². The Bertz CT molecular complexity index is 244. The minimum absolute atomic E-state index is 0.507. The van der Waals surface area contributed by atoms with Gasteiger partial charge in [-0.2, -0.15) is 0 Å². The molecule has 0 aromatic heterocycles. The van der Waals surface area contributed by atoms with Crippen LogP contribution in [0.4, 0.5) is 4.39 Å². The van der Waals surface area contributed by atoms with E-state index in [4.69, 9.17) is 0 Å². The van der Waals surface area contributed by atoms with Crippen LogP contribution in [0.3, 0.4) is 0 Å².